The van der Waals surface area contributed by atoms with Crippen molar-refractivity contribution in [1.29, 1.82) is 0 Å². The number of benzene rings is 1. The summed E-state index contributed by atoms with van der Waals surface area (Å²) in [6.07, 6.45) is 5.67. The first kappa shape index (κ1) is 20.1. The molecule has 0 saturated heterocycles. The third-order valence-electron chi connectivity index (χ3n) is 6.07. The number of anilines is 2. The Morgan fingerprint density at radius 1 is 1.20 bits per heavy atom. The van der Waals surface area contributed by atoms with Gasteiger partial charge >= 0.3 is 5.97 Å². The van der Waals surface area contributed by atoms with Crippen LogP contribution in [-0.2, 0) is 14.9 Å². The predicted octanol–water partition coefficient (Wildman–Crippen LogP) is 2.86. The highest BCUT2D eigenvalue weighted by Gasteiger charge is 2.42. The number of hydrogen-bond acceptors (Lipinski definition) is 7. The number of amides is 1. The van der Waals surface area contributed by atoms with Gasteiger partial charge in [0.15, 0.2) is 0 Å². The molecule has 1 unspecified atom stereocenters. The van der Waals surface area contributed by atoms with Crippen molar-refractivity contribution in [1.82, 2.24) is 9.97 Å². The molecule has 8 heteroatoms. The molecule has 8 nitrogen and oxygen atoms in total. The number of ether oxygens (including phenoxy) is 2. The van der Waals surface area contributed by atoms with E-state index >= 15 is 0 Å². The third-order valence-corrected chi connectivity index (χ3v) is 6.07. The molecule has 2 aromatic rings. The van der Waals surface area contributed by atoms with E-state index in [9.17, 15) is 9.59 Å². The third kappa shape index (κ3) is 3.36. The number of hydrogen-bond donors (Lipinski definition) is 1. The molecular formula is C22H26N4O4. The largest absolute Gasteiger partial charge is 0.472 e. The lowest BCUT2D eigenvalue weighted by Gasteiger charge is -2.35. The van der Waals surface area contributed by atoms with E-state index in [1.807, 2.05) is 31.2 Å². The van der Waals surface area contributed by atoms with Gasteiger partial charge in [0.1, 0.15) is 23.8 Å². The molecule has 1 atom stereocenters. The summed E-state index contributed by atoms with van der Waals surface area (Å²) >= 11 is 0. The number of aromatic nitrogens is 2. The van der Waals surface area contributed by atoms with Crippen LogP contribution >= 0.6 is 0 Å². The zero-order valence-corrected chi connectivity index (χ0v) is 17.3. The second-order valence-corrected chi connectivity index (χ2v) is 7.96. The molecule has 1 aromatic heterocycles. The Balaban J connectivity index is 1.69. The fourth-order valence-electron chi connectivity index (χ4n) is 4.52. The lowest BCUT2D eigenvalue weighted by atomic mass is 9.69. The number of methoxy groups -OCH3 is 1. The van der Waals surface area contributed by atoms with Gasteiger partial charge in [-0.2, -0.15) is 0 Å². The van der Waals surface area contributed by atoms with Gasteiger partial charge in [-0.05, 0) is 37.5 Å². The van der Waals surface area contributed by atoms with Crippen LogP contribution in [0.15, 0.2) is 30.6 Å². The minimum Gasteiger partial charge on any atom is -0.472 e. The van der Waals surface area contributed by atoms with Gasteiger partial charge < -0.3 is 20.1 Å². The van der Waals surface area contributed by atoms with Crippen molar-refractivity contribution in [2.24, 2.45) is 0 Å². The molecule has 1 aliphatic heterocycles. The summed E-state index contributed by atoms with van der Waals surface area (Å²) in [5.41, 5.74) is 7.12. The quantitative estimate of drug-likeness (QED) is 0.775. The fraction of sp³-hybridized carbons (Fsp3) is 0.455. The molecule has 2 aliphatic rings. The number of nitrogens with zero attached hydrogens (tertiary/aromatic N) is 3. The Morgan fingerprint density at radius 2 is 1.90 bits per heavy atom. The maximum absolute atomic E-state index is 13.2. The zero-order valence-electron chi connectivity index (χ0n) is 17.3. The van der Waals surface area contributed by atoms with E-state index in [2.05, 4.69) is 9.97 Å². The van der Waals surface area contributed by atoms with Crippen LogP contribution in [0.25, 0.3) is 0 Å². The number of carbonyl (C=O) groups is 2. The zero-order chi connectivity index (χ0) is 21.3. The average molecular weight is 410 g/mol. The molecule has 2 N–H and O–H groups in total. The monoisotopic (exact) mass is 410 g/mol. The Hall–Kier alpha value is -3.16. The highest BCUT2D eigenvalue weighted by atomic mass is 16.5. The van der Waals surface area contributed by atoms with Gasteiger partial charge in [-0.1, -0.05) is 31.4 Å². The molecule has 4 rings (SSSR count). The molecule has 1 amide bonds. The summed E-state index contributed by atoms with van der Waals surface area (Å²) in [4.78, 5) is 35.5. The Bertz CT molecular complexity index is 954. The van der Waals surface area contributed by atoms with Crippen molar-refractivity contribution in [2.45, 2.75) is 50.5 Å². The SMILES string of the molecule is COC(=O)C1(c2ccc(N3CC(C)Oc4ncnc(N)c4C3=O)cc2)CCCCC1. The van der Waals surface area contributed by atoms with Crippen LogP contribution in [0.4, 0.5) is 11.5 Å². The van der Waals surface area contributed by atoms with Gasteiger partial charge in [-0.25, -0.2) is 9.97 Å². The summed E-state index contributed by atoms with van der Waals surface area (Å²) < 4.78 is 10.9. The predicted molar refractivity (Wildman–Crippen MR) is 111 cm³/mol. The van der Waals surface area contributed by atoms with Crippen molar-refractivity contribution in [2.75, 3.05) is 24.3 Å². The number of rotatable bonds is 3. The smallest absolute Gasteiger partial charge is 0.316 e. The Labute approximate surface area is 175 Å². The number of carbonyl (C=O) groups excluding carboxylic acids is 2. The van der Waals surface area contributed by atoms with E-state index in [-0.39, 0.29) is 35.2 Å². The molecule has 1 aliphatic carbocycles. The fourth-order valence-corrected chi connectivity index (χ4v) is 4.52. The van der Waals surface area contributed by atoms with E-state index in [1.165, 1.54) is 13.4 Å². The highest BCUT2D eigenvalue weighted by molar-refractivity contribution is 6.10. The number of nitrogens with two attached hydrogens (primary N) is 1. The lowest BCUT2D eigenvalue weighted by Crippen LogP contribution is -2.39. The Kier molecular flexibility index (Phi) is 5.32. The van der Waals surface area contributed by atoms with Crippen LogP contribution < -0.4 is 15.4 Å². The highest BCUT2D eigenvalue weighted by Crippen LogP contribution is 2.41. The van der Waals surface area contributed by atoms with Crippen LogP contribution in [0.5, 0.6) is 5.88 Å². The lowest BCUT2D eigenvalue weighted by molar-refractivity contribution is -0.149. The molecule has 1 fully saturated rings. The van der Waals surface area contributed by atoms with Crippen LogP contribution in [0.2, 0.25) is 0 Å². The summed E-state index contributed by atoms with van der Waals surface area (Å²) in [6.45, 7) is 2.21. The van der Waals surface area contributed by atoms with Crippen LogP contribution in [0.1, 0.15) is 54.9 Å². The molecule has 2 heterocycles. The normalized spacial score (nSPS) is 20.7. The molecule has 0 spiro atoms. The summed E-state index contributed by atoms with van der Waals surface area (Å²) in [7, 11) is 1.44. The first-order valence-corrected chi connectivity index (χ1v) is 10.2. The van der Waals surface area contributed by atoms with Gasteiger partial charge in [-0.3, -0.25) is 9.59 Å². The van der Waals surface area contributed by atoms with Crippen LogP contribution in [0, 0.1) is 0 Å². The van der Waals surface area contributed by atoms with Crippen LogP contribution in [0.3, 0.4) is 0 Å². The second-order valence-electron chi connectivity index (χ2n) is 7.96. The van der Waals surface area contributed by atoms with Crippen molar-refractivity contribution in [3.63, 3.8) is 0 Å². The van der Waals surface area contributed by atoms with Crippen molar-refractivity contribution in [3.05, 3.63) is 41.7 Å². The maximum Gasteiger partial charge on any atom is 0.316 e. The molecule has 0 bridgehead atoms. The average Bonchev–Trinajstić information content (AvgIpc) is 2.90. The van der Waals surface area contributed by atoms with E-state index < -0.39 is 5.41 Å². The first-order valence-electron chi connectivity index (χ1n) is 10.2. The number of esters is 1. The molecule has 30 heavy (non-hydrogen) atoms. The van der Waals surface area contributed by atoms with E-state index in [0.29, 0.717) is 12.2 Å². The van der Waals surface area contributed by atoms with Gasteiger partial charge in [0.2, 0.25) is 5.88 Å². The topological polar surface area (TPSA) is 108 Å². The van der Waals surface area contributed by atoms with E-state index in [1.54, 1.807) is 4.90 Å². The van der Waals surface area contributed by atoms with Crippen LogP contribution in [-0.4, -0.2) is 41.6 Å². The molecule has 158 valence electrons. The second kappa shape index (κ2) is 7.93. The number of fused-ring (bicyclic) bond motifs is 1. The summed E-state index contributed by atoms with van der Waals surface area (Å²) in [5.74, 6) is -0.208. The van der Waals surface area contributed by atoms with Gasteiger partial charge in [0, 0.05) is 5.69 Å². The number of nitrogen functional groups attached to an aromatic ring is 1. The maximum atomic E-state index is 13.2. The summed E-state index contributed by atoms with van der Waals surface area (Å²) in [5, 5.41) is 0. The minimum atomic E-state index is -0.615. The first-order chi connectivity index (χ1) is 14.5. The Morgan fingerprint density at radius 3 is 2.57 bits per heavy atom. The van der Waals surface area contributed by atoms with Gasteiger partial charge in [-0.15, -0.1) is 0 Å². The molecular weight excluding hydrogens is 384 g/mol. The van der Waals surface area contributed by atoms with Gasteiger partial charge in [0.05, 0.1) is 19.1 Å². The van der Waals surface area contributed by atoms with Crippen molar-refractivity contribution < 1.29 is 19.1 Å². The molecule has 1 saturated carbocycles. The van der Waals surface area contributed by atoms with Crippen molar-refractivity contribution >= 4 is 23.4 Å². The molecule has 1 aromatic carbocycles. The van der Waals surface area contributed by atoms with Gasteiger partial charge in [0.25, 0.3) is 5.91 Å². The molecule has 0 radical (unpaired) electrons. The minimum absolute atomic E-state index is 0.0903. The van der Waals surface area contributed by atoms with E-state index in [4.69, 9.17) is 15.2 Å². The van der Waals surface area contributed by atoms with Crippen molar-refractivity contribution in [3.8, 4) is 5.88 Å². The van der Waals surface area contributed by atoms with E-state index in [0.717, 1.165) is 37.7 Å². The summed E-state index contributed by atoms with van der Waals surface area (Å²) in [6, 6.07) is 7.58. The standard InChI is InChI=1S/C22H26N4O4/c1-14-12-26(20(27)17-18(23)24-13-25-19(17)30-14)16-8-6-15(7-9-16)22(21(28)29-2)10-4-3-5-11-22/h6-9,13-14H,3-5,10-12H2,1-2H3,(H2,23,24,25).